The Hall–Kier alpha value is -1.31. The molecule has 0 aromatic carbocycles. The number of nitrogens with one attached hydrogen (secondary N) is 1. The number of rotatable bonds is 9. The molecule has 1 aliphatic heterocycles. The second kappa shape index (κ2) is 18.0. The SMILES string of the molecule is C=C/C(OC)=C(C)\C=C(/C)CN1CCCCC1C[C@H](C)NO.CC.CSc1sc(C)c2c1C=CCC2.[HH]. The van der Waals surface area contributed by atoms with Gasteiger partial charge in [0.05, 0.1) is 11.3 Å². The average Bonchev–Trinajstić information content (AvgIpc) is 3.23. The van der Waals surface area contributed by atoms with E-state index in [0.29, 0.717) is 6.04 Å². The minimum atomic E-state index is 0. The Morgan fingerprint density at radius 1 is 1.39 bits per heavy atom. The van der Waals surface area contributed by atoms with Gasteiger partial charge in [-0.1, -0.05) is 50.6 Å². The van der Waals surface area contributed by atoms with Gasteiger partial charge in [-0.3, -0.25) is 4.90 Å². The van der Waals surface area contributed by atoms with Crippen LogP contribution in [-0.2, 0) is 11.2 Å². The average molecular weight is 537 g/mol. The first-order valence-corrected chi connectivity index (χ1v) is 15.4. The second-order valence-corrected chi connectivity index (χ2v) is 11.6. The number of hydroxylamine groups is 1. The lowest BCUT2D eigenvalue weighted by atomic mass is 9.96. The maximum Gasteiger partial charge on any atom is 0.121 e. The topological polar surface area (TPSA) is 44.7 Å². The molecule has 2 aliphatic rings. The first kappa shape index (κ1) is 32.7. The van der Waals surface area contributed by atoms with Gasteiger partial charge in [-0.05, 0) is 89.8 Å². The fourth-order valence-electron chi connectivity index (χ4n) is 4.84. The number of thiophene rings is 1. The molecule has 0 saturated carbocycles. The highest BCUT2D eigenvalue weighted by Gasteiger charge is 2.24. The van der Waals surface area contributed by atoms with Gasteiger partial charge >= 0.3 is 0 Å². The van der Waals surface area contributed by atoms with Crippen molar-refractivity contribution in [1.29, 1.82) is 0 Å². The number of ether oxygens (including phenoxy) is 1. The number of likely N-dealkylation sites (tertiary alicyclic amines) is 1. The van der Waals surface area contributed by atoms with Gasteiger partial charge in [0.2, 0.25) is 0 Å². The van der Waals surface area contributed by atoms with Gasteiger partial charge in [0.25, 0.3) is 0 Å². The van der Waals surface area contributed by atoms with Crippen molar-refractivity contribution in [3.63, 3.8) is 0 Å². The van der Waals surface area contributed by atoms with Crippen molar-refractivity contribution in [3.05, 3.63) is 57.7 Å². The zero-order valence-corrected chi connectivity index (χ0v) is 25.6. The number of hydrogen-bond donors (Lipinski definition) is 2. The van der Waals surface area contributed by atoms with Crippen molar-refractivity contribution in [3.8, 4) is 0 Å². The van der Waals surface area contributed by atoms with E-state index in [-0.39, 0.29) is 7.47 Å². The van der Waals surface area contributed by atoms with E-state index in [2.05, 4.69) is 62.2 Å². The van der Waals surface area contributed by atoms with Crippen LogP contribution in [0.15, 0.2) is 45.9 Å². The molecule has 36 heavy (non-hydrogen) atoms. The lowest BCUT2D eigenvalue weighted by Crippen LogP contribution is -2.43. The van der Waals surface area contributed by atoms with Gasteiger partial charge in [-0.2, -0.15) is 0 Å². The number of aryl methyl sites for hydroxylation is 1. The van der Waals surface area contributed by atoms with Crippen LogP contribution in [0.4, 0.5) is 0 Å². The summed E-state index contributed by atoms with van der Waals surface area (Å²) in [5, 5.41) is 9.06. The van der Waals surface area contributed by atoms with Gasteiger partial charge in [-0.25, -0.2) is 5.48 Å². The van der Waals surface area contributed by atoms with Gasteiger partial charge < -0.3 is 9.94 Å². The molecule has 3 rings (SSSR count). The molecular weight excluding hydrogens is 484 g/mol. The quantitative estimate of drug-likeness (QED) is 0.143. The molecule has 1 saturated heterocycles. The Bertz CT molecular complexity index is 892. The Kier molecular flexibility index (Phi) is 16.4. The lowest BCUT2D eigenvalue weighted by molar-refractivity contribution is 0.0902. The van der Waals surface area contributed by atoms with Gasteiger partial charge in [-0.15, -0.1) is 23.1 Å². The number of fused-ring (bicyclic) bond motifs is 1. The molecule has 0 bridgehead atoms. The Morgan fingerprint density at radius 2 is 2.11 bits per heavy atom. The summed E-state index contributed by atoms with van der Waals surface area (Å²) >= 11 is 3.81. The molecule has 2 N–H and O–H groups in total. The molecule has 206 valence electrons. The van der Waals surface area contributed by atoms with Crippen LogP contribution >= 0.6 is 23.1 Å². The number of allylic oxidation sites excluding steroid dienone is 4. The molecule has 1 aliphatic carbocycles. The number of nitrogens with zero attached hydrogens (tertiary/aromatic N) is 1. The normalized spacial score (nSPS) is 19.1. The Balaban J connectivity index is 0.000000725. The van der Waals surface area contributed by atoms with Crippen LogP contribution in [0.25, 0.3) is 6.08 Å². The predicted octanol–water partition coefficient (Wildman–Crippen LogP) is 8.66. The largest absolute Gasteiger partial charge is 0.497 e. The summed E-state index contributed by atoms with van der Waals surface area (Å²) in [7, 11) is 1.67. The minimum Gasteiger partial charge on any atom is -0.497 e. The van der Waals surface area contributed by atoms with Crippen molar-refractivity contribution < 1.29 is 11.4 Å². The Labute approximate surface area is 231 Å². The number of methoxy groups -OCH3 is 1. The molecular formula is C30H52N2O2S2. The van der Waals surface area contributed by atoms with Crippen LogP contribution in [0.5, 0.6) is 0 Å². The van der Waals surface area contributed by atoms with Crippen LogP contribution in [0.1, 0.15) is 84.2 Å². The van der Waals surface area contributed by atoms with Crippen LogP contribution < -0.4 is 5.48 Å². The van der Waals surface area contributed by atoms with Gasteiger partial charge in [0, 0.05) is 30.5 Å². The molecule has 1 aromatic heterocycles. The zero-order chi connectivity index (χ0) is 27.1. The molecule has 6 heteroatoms. The maximum absolute atomic E-state index is 9.06. The third-order valence-corrected chi connectivity index (χ3v) is 8.85. The molecule has 0 radical (unpaired) electrons. The first-order valence-electron chi connectivity index (χ1n) is 13.3. The van der Waals surface area contributed by atoms with Crippen molar-refractivity contribution in [1.82, 2.24) is 10.4 Å². The van der Waals surface area contributed by atoms with Crippen molar-refractivity contribution >= 4 is 29.2 Å². The van der Waals surface area contributed by atoms with E-state index >= 15 is 0 Å². The summed E-state index contributed by atoms with van der Waals surface area (Å²) in [6, 6.07) is 0.676. The highest BCUT2D eigenvalue weighted by molar-refractivity contribution is 8.00. The summed E-state index contributed by atoms with van der Waals surface area (Å²) in [5.74, 6) is 0.827. The Morgan fingerprint density at radius 3 is 2.72 bits per heavy atom. The van der Waals surface area contributed by atoms with E-state index in [1.807, 2.05) is 43.9 Å². The first-order chi connectivity index (χ1) is 17.3. The highest BCUT2D eigenvalue weighted by atomic mass is 32.2. The molecule has 4 nitrogen and oxygen atoms in total. The van der Waals surface area contributed by atoms with Crippen molar-refractivity contribution in [2.24, 2.45) is 0 Å². The standard InChI is InChI=1S/C18H32N2O2.C10H12S2.C2H6.H2/c1-6-18(22-5)15(3)11-14(2)13-20-10-8-7-9-17(20)12-16(4)19-21;1-7-8-5-3-4-6-9(8)10(11-2)12-7;1-2;/h6,11,16-17,19,21H,1,7-10,12-13H2,2-5H3;4,6H,3,5H2,1-2H3;1-2H3;1H/b14-11+,18-15+;;;/t16-,17?;;;/m0.../s1. The highest BCUT2D eigenvalue weighted by Crippen LogP contribution is 2.38. The third-order valence-electron chi connectivity index (χ3n) is 6.55. The molecule has 2 heterocycles. The fraction of sp³-hybridized carbons (Fsp3) is 0.600. The summed E-state index contributed by atoms with van der Waals surface area (Å²) < 4.78 is 6.79. The molecule has 0 spiro atoms. The van der Waals surface area contributed by atoms with E-state index in [4.69, 9.17) is 9.94 Å². The van der Waals surface area contributed by atoms with Crippen LogP contribution in [0, 0.1) is 6.92 Å². The smallest absolute Gasteiger partial charge is 0.121 e. The van der Waals surface area contributed by atoms with E-state index in [1.54, 1.807) is 18.7 Å². The van der Waals surface area contributed by atoms with Crippen molar-refractivity contribution in [2.75, 3.05) is 26.5 Å². The number of thioether (sulfide) groups is 1. The fourth-order valence-corrected chi connectivity index (χ4v) is 6.87. The van der Waals surface area contributed by atoms with E-state index in [0.717, 1.165) is 30.8 Å². The van der Waals surface area contributed by atoms with Crippen molar-refractivity contribution in [2.45, 2.75) is 96.4 Å². The van der Waals surface area contributed by atoms with Crippen LogP contribution in [0.3, 0.4) is 0 Å². The van der Waals surface area contributed by atoms with E-state index in [1.165, 1.54) is 52.3 Å². The summed E-state index contributed by atoms with van der Waals surface area (Å²) in [6.45, 7) is 18.4. The zero-order valence-electron chi connectivity index (χ0n) is 23.9. The summed E-state index contributed by atoms with van der Waals surface area (Å²) in [4.78, 5) is 4.05. The number of hydrogen-bond acceptors (Lipinski definition) is 6. The van der Waals surface area contributed by atoms with Gasteiger partial charge in [0.15, 0.2) is 0 Å². The number of piperidine rings is 1. The van der Waals surface area contributed by atoms with E-state index < -0.39 is 0 Å². The summed E-state index contributed by atoms with van der Waals surface area (Å²) in [5.41, 5.74) is 7.89. The van der Waals surface area contributed by atoms with Crippen LogP contribution in [0.2, 0.25) is 0 Å². The third kappa shape index (κ3) is 10.2. The van der Waals surface area contributed by atoms with Gasteiger partial charge in [0.1, 0.15) is 5.76 Å². The molecule has 1 aromatic rings. The molecule has 0 amide bonds. The maximum atomic E-state index is 9.06. The predicted molar refractivity (Wildman–Crippen MR) is 164 cm³/mol. The van der Waals surface area contributed by atoms with E-state index in [9.17, 15) is 0 Å². The summed E-state index contributed by atoms with van der Waals surface area (Å²) in [6.07, 6.45) is 17.9. The minimum absolute atomic E-state index is 0. The monoisotopic (exact) mass is 536 g/mol. The van der Waals surface area contributed by atoms with Crippen LogP contribution in [-0.4, -0.2) is 48.6 Å². The molecule has 1 fully saturated rings. The molecule has 1 unspecified atom stereocenters. The second-order valence-electron chi connectivity index (χ2n) is 9.32. The lowest BCUT2D eigenvalue weighted by Gasteiger charge is -2.37. The molecule has 2 atom stereocenters.